The SMILES string of the molecule is CCc1ccccc1CN1CCN(C2(c3ccccc3)Cc3cccc(F)c3C2=O)CC1. The number of piperazine rings is 1. The maximum atomic E-state index is 14.7. The fourth-order valence-corrected chi connectivity index (χ4v) is 5.50. The van der Waals surface area contributed by atoms with Gasteiger partial charge in [0.2, 0.25) is 0 Å². The molecule has 3 aromatic rings. The van der Waals surface area contributed by atoms with Crippen LogP contribution in [0.1, 0.15) is 39.5 Å². The Morgan fingerprint density at radius 3 is 2.22 bits per heavy atom. The number of carbonyl (C=O) groups is 1. The summed E-state index contributed by atoms with van der Waals surface area (Å²) in [6.07, 6.45) is 1.56. The van der Waals surface area contributed by atoms with Gasteiger partial charge in [-0.2, -0.15) is 0 Å². The molecule has 0 saturated carbocycles. The predicted octanol–water partition coefficient (Wildman–Crippen LogP) is 4.84. The Kier molecular flexibility index (Phi) is 5.66. The van der Waals surface area contributed by atoms with Crippen molar-refractivity contribution >= 4 is 5.78 Å². The first-order valence-electron chi connectivity index (χ1n) is 11.6. The molecule has 5 rings (SSSR count). The highest BCUT2D eigenvalue weighted by Gasteiger charge is 2.52. The maximum Gasteiger partial charge on any atom is 0.191 e. The second-order valence-electron chi connectivity index (χ2n) is 8.89. The van der Waals surface area contributed by atoms with Crippen molar-refractivity contribution in [1.82, 2.24) is 9.80 Å². The molecule has 3 aromatic carbocycles. The number of fused-ring (bicyclic) bond motifs is 1. The third kappa shape index (κ3) is 3.48. The highest BCUT2D eigenvalue weighted by atomic mass is 19.1. The summed E-state index contributed by atoms with van der Waals surface area (Å²) in [4.78, 5) is 18.6. The maximum absolute atomic E-state index is 14.7. The molecule has 0 aromatic heterocycles. The van der Waals surface area contributed by atoms with Gasteiger partial charge < -0.3 is 0 Å². The number of Topliss-reactive ketones (excluding diaryl/α,β-unsaturated/α-hetero) is 1. The van der Waals surface area contributed by atoms with Gasteiger partial charge in [0.05, 0.1) is 5.56 Å². The summed E-state index contributed by atoms with van der Waals surface area (Å²) in [7, 11) is 0. The second-order valence-corrected chi connectivity index (χ2v) is 8.89. The zero-order valence-electron chi connectivity index (χ0n) is 18.6. The summed E-state index contributed by atoms with van der Waals surface area (Å²) >= 11 is 0. The second kappa shape index (κ2) is 8.61. The Bertz CT molecular complexity index is 1120. The minimum absolute atomic E-state index is 0.0958. The van der Waals surface area contributed by atoms with Gasteiger partial charge in [0.1, 0.15) is 11.4 Å². The standard InChI is InChI=1S/C28H29FN2O/c1-2-21-9-6-7-10-23(21)20-30-15-17-31(18-16-30)28(24-12-4-3-5-13-24)19-22-11-8-14-25(29)26(22)27(28)32/h3-14H,2,15-20H2,1H3. The molecule has 2 aliphatic rings. The molecule has 1 saturated heterocycles. The van der Waals surface area contributed by atoms with Crippen LogP contribution < -0.4 is 0 Å². The zero-order valence-corrected chi connectivity index (χ0v) is 18.6. The number of hydrogen-bond acceptors (Lipinski definition) is 3. The molecule has 164 valence electrons. The summed E-state index contributed by atoms with van der Waals surface area (Å²) in [5.74, 6) is -0.498. The normalized spacial score (nSPS) is 21.6. The Hall–Kier alpha value is -2.82. The molecule has 1 unspecified atom stereocenters. The van der Waals surface area contributed by atoms with Crippen LogP contribution in [-0.2, 0) is 24.9 Å². The van der Waals surface area contributed by atoms with E-state index in [1.165, 1.54) is 17.2 Å². The Labute approximate surface area is 189 Å². The van der Waals surface area contributed by atoms with Crippen LogP contribution in [0.4, 0.5) is 4.39 Å². The smallest absolute Gasteiger partial charge is 0.191 e. The van der Waals surface area contributed by atoms with Gasteiger partial charge >= 0.3 is 0 Å². The topological polar surface area (TPSA) is 23.6 Å². The molecule has 1 aliphatic carbocycles. The zero-order chi connectivity index (χ0) is 22.1. The summed E-state index contributed by atoms with van der Waals surface area (Å²) in [5.41, 5.74) is 4.01. The highest BCUT2D eigenvalue weighted by Crippen LogP contribution is 2.43. The van der Waals surface area contributed by atoms with E-state index >= 15 is 0 Å². The van der Waals surface area contributed by atoms with E-state index in [2.05, 4.69) is 41.0 Å². The van der Waals surface area contributed by atoms with Gasteiger partial charge in [-0.3, -0.25) is 14.6 Å². The van der Waals surface area contributed by atoms with Crippen LogP contribution in [0.5, 0.6) is 0 Å². The lowest BCUT2D eigenvalue weighted by molar-refractivity contribution is 0.0286. The van der Waals surface area contributed by atoms with E-state index in [0.29, 0.717) is 6.42 Å². The molecule has 1 aliphatic heterocycles. The van der Waals surface area contributed by atoms with E-state index < -0.39 is 11.4 Å². The van der Waals surface area contributed by atoms with Crippen molar-refractivity contribution in [2.75, 3.05) is 26.2 Å². The highest BCUT2D eigenvalue weighted by molar-refractivity contribution is 6.08. The predicted molar refractivity (Wildman–Crippen MR) is 125 cm³/mol. The van der Waals surface area contributed by atoms with Crippen LogP contribution >= 0.6 is 0 Å². The summed E-state index contributed by atoms with van der Waals surface area (Å²) in [6.45, 7) is 6.47. The van der Waals surface area contributed by atoms with Gasteiger partial charge in [0.15, 0.2) is 5.78 Å². The van der Waals surface area contributed by atoms with Crippen molar-refractivity contribution in [2.45, 2.75) is 31.8 Å². The van der Waals surface area contributed by atoms with Gasteiger partial charge in [-0.15, -0.1) is 0 Å². The number of ketones is 1. The Balaban J connectivity index is 1.42. The fraction of sp³-hybridized carbons (Fsp3) is 0.321. The number of rotatable bonds is 5. The summed E-state index contributed by atoms with van der Waals surface area (Å²) < 4.78 is 14.7. The molecule has 0 amide bonds. The largest absolute Gasteiger partial charge is 0.297 e. The van der Waals surface area contributed by atoms with Gasteiger partial charge in [-0.1, -0.05) is 73.7 Å². The number of benzene rings is 3. The van der Waals surface area contributed by atoms with E-state index in [0.717, 1.165) is 50.3 Å². The first-order valence-corrected chi connectivity index (χ1v) is 11.6. The first kappa shape index (κ1) is 21.0. The molecule has 4 heteroatoms. The Morgan fingerprint density at radius 1 is 0.844 bits per heavy atom. The van der Waals surface area contributed by atoms with Crippen LogP contribution in [0.3, 0.4) is 0 Å². The molecule has 0 radical (unpaired) electrons. The monoisotopic (exact) mass is 428 g/mol. The third-order valence-corrected chi connectivity index (χ3v) is 7.21. The summed E-state index contributed by atoms with van der Waals surface area (Å²) in [6, 6.07) is 23.6. The average molecular weight is 429 g/mol. The van der Waals surface area contributed by atoms with Crippen molar-refractivity contribution in [3.63, 3.8) is 0 Å². The van der Waals surface area contributed by atoms with Crippen LogP contribution in [0.25, 0.3) is 0 Å². The lowest BCUT2D eigenvalue weighted by Crippen LogP contribution is -2.58. The number of nitrogens with zero attached hydrogens (tertiary/aromatic N) is 2. The van der Waals surface area contributed by atoms with Crippen LogP contribution in [0, 0.1) is 5.82 Å². The van der Waals surface area contributed by atoms with Gasteiger partial charge in [-0.25, -0.2) is 4.39 Å². The molecule has 1 fully saturated rings. The van der Waals surface area contributed by atoms with Crippen molar-refractivity contribution in [1.29, 1.82) is 0 Å². The van der Waals surface area contributed by atoms with Crippen LogP contribution in [0.15, 0.2) is 72.8 Å². The average Bonchev–Trinajstić information content (AvgIpc) is 3.15. The molecule has 32 heavy (non-hydrogen) atoms. The molecule has 0 bridgehead atoms. The number of aryl methyl sites for hydroxylation is 1. The lowest BCUT2D eigenvalue weighted by atomic mass is 9.83. The molecular weight excluding hydrogens is 399 g/mol. The van der Waals surface area contributed by atoms with Crippen LogP contribution in [0.2, 0.25) is 0 Å². The van der Waals surface area contributed by atoms with Gasteiger partial charge in [-0.05, 0) is 34.7 Å². The van der Waals surface area contributed by atoms with Crippen molar-refractivity contribution < 1.29 is 9.18 Å². The number of carbonyl (C=O) groups excluding carboxylic acids is 1. The van der Waals surface area contributed by atoms with E-state index in [1.54, 1.807) is 6.07 Å². The minimum Gasteiger partial charge on any atom is -0.297 e. The minimum atomic E-state index is -0.820. The van der Waals surface area contributed by atoms with E-state index in [1.807, 2.05) is 36.4 Å². The van der Waals surface area contributed by atoms with Gasteiger partial charge in [0.25, 0.3) is 0 Å². The first-order chi connectivity index (χ1) is 15.6. The molecule has 1 heterocycles. The third-order valence-electron chi connectivity index (χ3n) is 7.21. The molecule has 1 atom stereocenters. The number of hydrogen-bond donors (Lipinski definition) is 0. The molecular formula is C28H29FN2O. The van der Waals surface area contributed by atoms with Crippen molar-refractivity contribution in [3.05, 3.63) is 106 Å². The summed E-state index contributed by atoms with van der Waals surface area (Å²) in [5, 5.41) is 0. The van der Waals surface area contributed by atoms with E-state index in [4.69, 9.17) is 0 Å². The number of halogens is 1. The Morgan fingerprint density at radius 2 is 1.53 bits per heavy atom. The lowest BCUT2D eigenvalue weighted by Gasteiger charge is -2.45. The van der Waals surface area contributed by atoms with Crippen LogP contribution in [-0.4, -0.2) is 41.8 Å². The quantitative estimate of drug-likeness (QED) is 0.581. The van der Waals surface area contributed by atoms with Crippen molar-refractivity contribution in [2.24, 2.45) is 0 Å². The molecule has 3 nitrogen and oxygen atoms in total. The van der Waals surface area contributed by atoms with E-state index in [9.17, 15) is 9.18 Å². The molecule has 0 N–H and O–H groups in total. The van der Waals surface area contributed by atoms with Crippen molar-refractivity contribution in [3.8, 4) is 0 Å². The van der Waals surface area contributed by atoms with Gasteiger partial charge in [0, 0.05) is 39.1 Å². The molecule has 0 spiro atoms. The van der Waals surface area contributed by atoms with E-state index in [-0.39, 0.29) is 11.3 Å². The fourth-order valence-electron chi connectivity index (χ4n) is 5.50.